The van der Waals surface area contributed by atoms with Crippen molar-refractivity contribution in [2.75, 3.05) is 0 Å². The lowest BCUT2D eigenvalue weighted by molar-refractivity contribution is 0.318. The highest BCUT2D eigenvalue weighted by Gasteiger charge is 2.34. The van der Waals surface area contributed by atoms with Crippen molar-refractivity contribution in [1.29, 1.82) is 0 Å². The Morgan fingerprint density at radius 2 is 1.06 bits per heavy atom. The summed E-state index contributed by atoms with van der Waals surface area (Å²) >= 11 is 12.0. The molecule has 0 unspecified atom stereocenters. The van der Waals surface area contributed by atoms with E-state index in [1.807, 2.05) is 36.4 Å². The van der Waals surface area contributed by atoms with Crippen LogP contribution in [0.5, 0.6) is 0 Å². The van der Waals surface area contributed by atoms with Gasteiger partial charge in [0.1, 0.15) is 22.8 Å². The summed E-state index contributed by atoms with van der Waals surface area (Å²) in [4.78, 5) is 7.14. The predicted molar refractivity (Wildman–Crippen MR) is 180 cm³/mol. The second-order valence-corrected chi connectivity index (χ2v) is 12.0. The molecule has 4 aromatic heterocycles. The summed E-state index contributed by atoms with van der Waals surface area (Å²) in [5.41, 5.74) is 6.68. The summed E-state index contributed by atoms with van der Waals surface area (Å²) in [5, 5.41) is 44.9. The van der Waals surface area contributed by atoms with E-state index in [9.17, 15) is 10.4 Å². The number of aromatic amines is 2. The largest absolute Gasteiger partial charge is 0.411 e. The Morgan fingerprint density at radius 1 is 0.660 bits per heavy atom. The average molecular weight is 672 g/mol. The first-order chi connectivity index (χ1) is 22.8. The third kappa shape index (κ3) is 6.56. The van der Waals surface area contributed by atoms with Crippen molar-refractivity contribution in [2.45, 2.75) is 44.9 Å². The van der Waals surface area contributed by atoms with E-state index in [2.05, 4.69) is 66.9 Å². The molecule has 12 nitrogen and oxygen atoms in total. The van der Waals surface area contributed by atoms with E-state index in [1.54, 1.807) is 46.0 Å². The molecule has 0 aliphatic heterocycles. The molecule has 4 N–H and O–H groups in total. The van der Waals surface area contributed by atoms with Crippen LogP contribution < -0.4 is 0 Å². The van der Waals surface area contributed by atoms with Gasteiger partial charge in [-0.3, -0.25) is 0 Å². The standard InChI is InChI=1S/C33H32Cl2N10O2/c1-3-33(4-2,31-15-9-23(36-31)17-27(40-46)29-19-44(42-38-29)25-11-5-21(34)6-12-25)32-16-10-24(37-32)18-28(41-47)30-20-45(43-39-30)26-13-7-22(35)8-14-26/h5-16,19-20,36-37,46-47H,3-4,17-18H2,1-2H3/b40-27+,41-28+. The Bertz CT molecular complexity index is 1870. The van der Waals surface area contributed by atoms with Gasteiger partial charge in [-0.25, -0.2) is 9.36 Å². The predicted octanol–water partition coefficient (Wildman–Crippen LogP) is 6.76. The second kappa shape index (κ2) is 13.7. The molecule has 2 aromatic carbocycles. The Hall–Kier alpha value is -5.20. The Labute approximate surface area is 280 Å². The van der Waals surface area contributed by atoms with Gasteiger partial charge in [-0.05, 0) is 85.6 Å². The van der Waals surface area contributed by atoms with Crippen LogP contribution in [0.25, 0.3) is 11.4 Å². The van der Waals surface area contributed by atoms with Crippen LogP contribution in [0, 0.1) is 0 Å². The van der Waals surface area contributed by atoms with E-state index in [0.717, 1.165) is 47.0 Å². The molecule has 0 aliphatic rings. The number of hydrogen-bond acceptors (Lipinski definition) is 8. The zero-order chi connectivity index (χ0) is 33.0. The fourth-order valence-electron chi connectivity index (χ4n) is 5.75. The Balaban J connectivity index is 1.18. The highest BCUT2D eigenvalue weighted by Crippen LogP contribution is 2.38. The zero-order valence-electron chi connectivity index (χ0n) is 25.6. The third-order valence-corrected chi connectivity index (χ3v) is 8.95. The van der Waals surface area contributed by atoms with E-state index >= 15 is 0 Å². The second-order valence-electron chi connectivity index (χ2n) is 11.1. The topological polar surface area (TPSA) is 158 Å². The molecule has 0 saturated heterocycles. The smallest absolute Gasteiger partial charge is 0.131 e. The third-order valence-electron chi connectivity index (χ3n) is 8.45. The zero-order valence-corrected chi connectivity index (χ0v) is 27.2. The first kappa shape index (κ1) is 31.8. The maximum atomic E-state index is 9.87. The minimum Gasteiger partial charge on any atom is -0.411 e. The lowest BCUT2D eigenvalue weighted by atomic mass is 9.76. The molecule has 0 aliphatic carbocycles. The number of oxime groups is 2. The first-order valence-electron chi connectivity index (χ1n) is 15.0. The molecule has 47 heavy (non-hydrogen) atoms. The van der Waals surface area contributed by atoms with Gasteiger partial charge in [-0.2, -0.15) is 0 Å². The highest BCUT2D eigenvalue weighted by atomic mass is 35.5. The van der Waals surface area contributed by atoms with Crippen LogP contribution in [-0.2, 0) is 18.3 Å². The molecule has 240 valence electrons. The van der Waals surface area contributed by atoms with Crippen LogP contribution in [0.1, 0.15) is 60.9 Å². The minimum atomic E-state index is -0.348. The molecule has 0 spiro atoms. The van der Waals surface area contributed by atoms with E-state index in [1.165, 1.54) is 0 Å². The van der Waals surface area contributed by atoms with Gasteiger partial charge < -0.3 is 20.4 Å². The van der Waals surface area contributed by atoms with Gasteiger partial charge in [0.2, 0.25) is 0 Å². The van der Waals surface area contributed by atoms with E-state index < -0.39 is 0 Å². The quantitative estimate of drug-likeness (QED) is 0.0640. The van der Waals surface area contributed by atoms with Crippen LogP contribution in [-0.4, -0.2) is 61.8 Å². The molecule has 4 heterocycles. The van der Waals surface area contributed by atoms with Crippen LogP contribution in [0.4, 0.5) is 0 Å². The number of nitrogens with zero attached hydrogens (tertiary/aromatic N) is 8. The van der Waals surface area contributed by atoms with Crippen molar-refractivity contribution >= 4 is 34.6 Å². The minimum absolute atomic E-state index is 0.322. The van der Waals surface area contributed by atoms with Gasteiger partial charge in [-0.15, -0.1) is 10.2 Å². The molecular weight excluding hydrogens is 639 g/mol. The van der Waals surface area contributed by atoms with Crippen LogP contribution >= 0.6 is 23.2 Å². The van der Waals surface area contributed by atoms with Crippen LogP contribution in [0.2, 0.25) is 10.0 Å². The van der Waals surface area contributed by atoms with Crippen molar-refractivity contribution in [3.63, 3.8) is 0 Å². The van der Waals surface area contributed by atoms with Crippen molar-refractivity contribution in [2.24, 2.45) is 10.3 Å². The summed E-state index contributed by atoms with van der Waals surface area (Å²) in [6.07, 6.45) is 5.71. The molecule has 14 heteroatoms. The van der Waals surface area contributed by atoms with Crippen molar-refractivity contribution in [1.82, 2.24) is 40.0 Å². The van der Waals surface area contributed by atoms with Crippen molar-refractivity contribution < 1.29 is 10.4 Å². The van der Waals surface area contributed by atoms with Crippen molar-refractivity contribution in [3.8, 4) is 11.4 Å². The summed E-state index contributed by atoms with van der Waals surface area (Å²) in [7, 11) is 0. The molecule has 0 radical (unpaired) electrons. The van der Waals surface area contributed by atoms with Gasteiger partial charge in [0.25, 0.3) is 0 Å². The van der Waals surface area contributed by atoms with Gasteiger partial charge in [0.15, 0.2) is 0 Å². The average Bonchev–Trinajstić information content (AvgIpc) is 3.92. The van der Waals surface area contributed by atoms with E-state index in [0.29, 0.717) is 45.7 Å². The normalized spacial score (nSPS) is 12.6. The molecule has 0 atom stereocenters. The summed E-state index contributed by atoms with van der Waals surface area (Å²) < 4.78 is 3.21. The Kier molecular flexibility index (Phi) is 9.23. The monoisotopic (exact) mass is 670 g/mol. The number of aromatic nitrogens is 8. The van der Waals surface area contributed by atoms with Gasteiger partial charge in [0, 0.05) is 51.1 Å². The van der Waals surface area contributed by atoms with Gasteiger partial charge in [-0.1, -0.05) is 57.8 Å². The number of hydrogen-bond donors (Lipinski definition) is 4. The van der Waals surface area contributed by atoms with Gasteiger partial charge >= 0.3 is 0 Å². The number of H-pyrrole nitrogens is 2. The molecular formula is C33H32Cl2N10O2. The molecule has 0 fully saturated rings. The van der Waals surface area contributed by atoms with Crippen LogP contribution in [0.3, 0.4) is 0 Å². The lowest BCUT2D eigenvalue weighted by Gasteiger charge is -2.30. The number of nitrogens with one attached hydrogen (secondary N) is 2. The maximum absolute atomic E-state index is 9.87. The molecule has 6 rings (SSSR count). The van der Waals surface area contributed by atoms with E-state index in [4.69, 9.17) is 23.2 Å². The molecule has 0 saturated carbocycles. The molecule has 0 amide bonds. The van der Waals surface area contributed by atoms with Crippen molar-refractivity contribution in [3.05, 3.63) is 129 Å². The highest BCUT2D eigenvalue weighted by molar-refractivity contribution is 6.30. The molecule has 0 bridgehead atoms. The summed E-state index contributed by atoms with van der Waals surface area (Å²) in [6.45, 7) is 4.30. The Morgan fingerprint density at radius 3 is 1.43 bits per heavy atom. The summed E-state index contributed by atoms with van der Waals surface area (Å²) in [6, 6.07) is 22.6. The SMILES string of the molecule is CCC(CC)(c1ccc(C/C(=N\O)c2cn(-c3ccc(Cl)cc3)nn2)[nH]1)c1ccc(C/C(=N\O)c2cn(-c3ccc(Cl)cc3)nn2)[nH]1. The molecule has 6 aromatic rings. The lowest BCUT2D eigenvalue weighted by Crippen LogP contribution is -2.27. The summed E-state index contributed by atoms with van der Waals surface area (Å²) in [5.74, 6) is 0. The fraction of sp³-hybridized carbons (Fsp3) is 0.212. The number of halogens is 2. The first-order valence-corrected chi connectivity index (χ1v) is 15.8. The van der Waals surface area contributed by atoms with E-state index in [-0.39, 0.29) is 5.41 Å². The van der Waals surface area contributed by atoms with Crippen LogP contribution in [0.15, 0.2) is 95.5 Å². The number of benzene rings is 2. The van der Waals surface area contributed by atoms with Gasteiger partial charge in [0.05, 0.1) is 23.8 Å². The fourth-order valence-corrected chi connectivity index (χ4v) is 6.00. The number of rotatable bonds is 12. The maximum Gasteiger partial charge on any atom is 0.131 e.